The number of amides is 1. The Morgan fingerprint density at radius 2 is 2.05 bits per heavy atom. The Labute approximate surface area is 112 Å². The van der Waals surface area contributed by atoms with Crippen molar-refractivity contribution in [2.24, 2.45) is 7.05 Å². The quantitative estimate of drug-likeness (QED) is 0.813. The number of hydrazone groups is 1. The number of carbonyl (C=O) groups is 1. The summed E-state index contributed by atoms with van der Waals surface area (Å²) in [5.74, 6) is 0.0549. The van der Waals surface area contributed by atoms with Crippen LogP contribution in [0.2, 0.25) is 0 Å². The Balaban J connectivity index is 1.98. The molecule has 1 atom stereocenters. The van der Waals surface area contributed by atoms with Gasteiger partial charge in [0, 0.05) is 18.8 Å². The first-order valence-corrected chi connectivity index (χ1v) is 6.33. The van der Waals surface area contributed by atoms with Crippen molar-refractivity contribution in [3.63, 3.8) is 0 Å². The maximum absolute atomic E-state index is 11.7. The van der Waals surface area contributed by atoms with Gasteiger partial charge in [0.05, 0.1) is 0 Å². The minimum Gasteiger partial charge on any atom is -0.346 e. The summed E-state index contributed by atoms with van der Waals surface area (Å²) >= 11 is 0. The van der Waals surface area contributed by atoms with Crippen LogP contribution in [0, 0.1) is 0 Å². The van der Waals surface area contributed by atoms with Gasteiger partial charge in [-0.25, -0.2) is 0 Å². The molecule has 1 aliphatic rings. The molecule has 3 rings (SSSR count). The fourth-order valence-corrected chi connectivity index (χ4v) is 2.37. The number of nitrogens with zero attached hydrogens (tertiary/aromatic N) is 2. The topological polar surface area (TPSA) is 37.0 Å². The highest BCUT2D eigenvalue weighted by atomic mass is 16.2. The number of hydrazine groups is 1. The first-order chi connectivity index (χ1) is 9.24. The lowest BCUT2D eigenvalue weighted by atomic mass is 10.1. The molecular formula is C15H16N3O+. The van der Waals surface area contributed by atoms with E-state index in [1.54, 1.807) is 0 Å². The van der Waals surface area contributed by atoms with Crippen LogP contribution in [0.15, 0.2) is 48.7 Å². The number of aromatic nitrogens is 1. The molecule has 1 fully saturated rings. The number of hydrogen-bond acceptors (Lipinski definition) is 1. The van der Waals surface area contributed by atoms with Crippen molar-refractivity contribution in [2.45, 2.75) is 12.5 Å². The Hall–Kier alpha value is -2.36. The molecule has 1 aromatic heterocycles. The van der Waals surface area contributed by atoms with Crippen molar-refractivity contribution in [1.82, 2.24) is 9.99 Å². The zero-order valence-electron chi connectivity index (χ0n) is 10.8. The van der Waals surface area contributed by atoms with Crippen molar-refractivity contribution in [3.8, 4) is 0 Å². The highest BCUT2D eigenvalue weighted by Crippen LogP contribution is 2.23. The molecular weight excluding hydrogens is 238 g/mol. The molecule has 1 saturated heterocycles. The Bertz CT molecular complexity index is 628. The van der Waals surface area contributed by atoms with E-state index in [2.05, 4.69) is 17.6 Å². The summed E-state index contributed by atoms with van der Waals surface area (Å²) < 4.78 is 3.92. The lowest BCUT2D eigenvalue weighted by molar-refractivity contribution is -0.594. The first-order valence-electron chi connectivity index (χ1n) is 6.33. The second kappa shape index (κ2) is 4.72. The predicted molar refractivity (Wildman–Crippen MR) is 72.8 cm³/mol. The van der Waals surface area contributed by atoms with Crippen LogP contribution in [0.5, 0.6) is 0 Å². The van der Waals surface area contributed by atoms with Crippen LogP contribution in [0.1, 0.15) is 23.7 Å². The van der Waals surface area contributed by atoms with Crippen molar-refractivity contribution in [3.05, 3.63) is 59.9 Å². The fraction of sp³-hybridized carbons (Fsp3) is 0.200. The molecule has 2 aromatic rings. The molecule has 4 nitrogen and oxygen atoms in total. The van der Waals surface area contributed by atoms with E-state index in [0.29, 0.717) is 6.42 Å². The molecule has 0 spiro atoms. The van der Waals surface area contributed by atoms with E-state index in [1.807, 2.05) is 59.0 Å². The third-order valence-corrected chi connectivity index (χ3v) is 3.41. The van der Waals surface area contributed by atoms with Crippen LogP contribution in [-0.4, -0.2) is 21.4 Å². The SMILES string of the molecule is Cn1cccc1/C=[N+]1\NC(=O)CC1c1ccccc1. The minimum atomic E-state index is 0.0549. The van der Waals surface area contributed by atoms with Gasteiger partial charge >= 0.3 is 0 Å². The molecule has 2 heterocycles. The van der Waals surface area contributed by atoms with E-state index in [-0.39, 0.29) is 11.9 Å². The Kier molecular flexibility index (Phi) is 2.91. The number of carbonyl (C=O) groups excluding carboxylic acids is 1. The number of rotatable bonds is 2. The molecule has 0 aliphatic carbocycles. The second-order valence-electron chi connectivity index (χ2n) is 4.75. The monoisotopic (exact) mass is 254 g/mol. The largest absolute Gasteiger partial charge is 0.346 e. The van der Waals surface area contributed by atoms with Crippen molar-refractivity contribution in [1.29, 1.82) is 0 Å². The maximum Gasteiger partial charge on any atom is 0.281 e. The minimum absolute atomic E-state index is 0.0549. The van der Waals surface area contributed by atoms with E-state index in [9.17, 15) is 4.79 Å². The molecule has 0 saturated carbocycles. The van der Waals surface area contributed by atoms with Crippen LogP contribution in [0.25, 0.3) is 0 Å². The van der Waals surface area contributed by atoms with E-state index in [0.717, 1.165) is 11.3 Å². The molecule has 96 valence electrons. The maximum atomic E-state index is 11.7. The Morgan fingerprint density at radius 1 is 1.26 bits per heavy atom. The molecule has 4 heteroatoms. The molecule has 0 radical (unpaired) electrons. The summed E-state index contributed by atoms with van der Waals surface area (Å²) in [5.41, 5.74) is 5.10. The van der Waals surface area contributed by atoms with Gasteiger partial charge in [-0.05, 0) is 12.1 Å². The highest BCUT2D eigenvalue weighted by Gasteiger charge is 2.35. The third-order valence-electron chi connectivity index (χ3n) is 3.41. The summed E-state index contributed by atoms with van der Waals surface area (Å²) in [6.07, 6.45) is 4.45. The first kappa shape index (κ1) is 11.7. The van der Waals surface area contributed by atoms with Gasteiger partial charge in [-0.1, -0.05) is 30.3 Å². The summed E-state index contributed by atoms with van der Waals surface area (Å²) in [6, 6.07) is 14.2. The molecule has 1 aromatic carbocycles. The number of nitrogens with one attached hydrogen (secondary N) is 1. The predicted octanol–water partition coefficient (Wildman–Crippen LogP) is 1.63. The zero-order chi connectivity index (χ0) is 13.2. The van der Waals surface area contributed by atoms with Crippen molar-refractivity contribution < 1.29 is 9.48 Å². The lowest BCUT2D eigenvalue weighted by Crippen LogP contribution is -2.27. The molecule has 0 bridgehead atoms. The van der Waals surface area contributed by atoms with Crippen LogP contribution >= 0.6 is 0 Å². The van der Waals surface area contributed by atoms with Gasteiger partial charge < -0.3 is 4.57 Å². The summed E-state index contributed by atoms with van der Waals surface area (Å²) in [6.45, 7) is 0. The summed E-state index contributed by atoms with van der Waals surface area (Å²) in [7, 11) is 1.99. The van der Waals surface area contributed by atoms with Crippen LogP contribution in [-0.2, 0) is 11.8 Å². The van der Waals surface area contributed by atoms with E-state index >= 15 is 0 Å². The number of aryl methyl sites for hydroxylation is 1. The van der Waals surface area contributed by atoms with Gasteiger partial charge in [-0.2, -0.15) is 0 Å². The molecule has 1 amide bonds. The standard InChI is InChI=1S/C15H15N3O/c1-17-9-5-8-13(17)11-18-14(10-15(19)16-18)12-6-3-2-4-7-12/h2-9,11,14H,10H2,1H3/p+1. The molecule has 1 aliphatic heterocycles. The van der Waals surface area contributed by atoms with Crippen molar-refractivity contribution >= 4 is 12.1 Å². The average Bonchev–Trinajstić information content (AvgIpc) is 2.98. The van der Waals surface area contributed by atoms with Gasteiger partial charge in [0.2, 0.25) is 12.3 Å². The van der Waals surface area contributed by atoms with E-state index < -0.39 is 0 Å². The number of benzene rings is 1. The summed E-state index contributed by atoms with van der Waals surface area (Å²) in [5, 5.41) is 0. The molecule has 19 heavy (non-hydrogen) atoms. The second-order valence-corrected chi connectivity index (χ2v) is 4.75. The van der Waals surface area contributed by atoms with Gasteiger partial charge in [0.25, 0.3) is 5.91 Å². The third kappa shape index (κ3) is 2.29. The van der Waals surface area contributed by atoms with Gasteiger partial charge in [0.1, 0.15) is 12.1 Å². The van der Waals surface area contributed by atoms with Gasteiger partial charge in [0.15, 0.2) is 0 Å². The van der Waals surface area contributed by atoms with Crippen LogP contribution in [0.4, 0.5) is 0 Å². The van der Waals surface area contributed by atoms with Crippen LogP contribution in [0.3, 0.4) is 0 Å². The fourth-order valence-electron chi connectivity index (χ4n) is 2.37. The van der Waals surface area contributed by atoms with Gasteiger partial charge in [-0.15, -0.1) is 10.1 Å². The van der Waals surface area contributed by atoms with Gasteiger partial charge in [-0.3, -0.25) is 4.79 Å². The molecule has 1 unspecified atom stereocenters. The van der Waals surface area contributed by atoms with E-state index in [1.165, 1.54) is 0 Å². The highest BCUT2D eigenvalue weighted by molar-refractivity contribution is 5.79. The molecule has 1 N–H and O–H groups in total. The van der Waals surface area contributed by atoms with E-state index in [4.69, 9.17) is 0 Å². The smallest absolute Gasteiger partial charge is 0.281 e. The van der Waals surface area contributed by atoms with Crippen molar-refractivity contribution in [2.75, 3.05) is 0 Å². The zero-order valence-corrected chi connectivity index (χ0v) is 10.8. The Morgan fingerprint density at radius 3 is 2.74 bits per heavy atom. The average molecular weight is 254 g/mol. The van der Waals surface area contributed by atoms with Crippen LogP contribution < -0.4 is 5.43 Å². The summed E-state index contributed by atoms with van der Waals surface area (Å²) in [4.78, 5) is 11.7. The normalized spacial score (nSPS) is 20.8. The number of hydrogen-bond donors (Lipinski definition) is 1. The lowest BCUT2D eigenvalue weighted by Gasteiger charge is -2.05.